The number of nitrogens with zero attached hydrogens (tertiary/aromatic N) is 2. The number of aliphatic imine (C=N–C) groups is 1. The highest BCUT2D eigenvalue weighted by Crippen LogP contribution is 2.25. The van der Waals surface area contributed by atoms with E-state index in [2.05, 4.69) is 28.5 Å². The highest BCUT2D eigenvalue weighted by atomic mass is 16.3. The van der Waals surface area contributed by atoms with Gasteiger partial charge >= 0.3 is 0 Å². The van der Waals surface area contributed by atoms with Crippen molar-refractivity contribution < 1.29 is 9.52 Å². The van der Waals surface area contributed by atoms with Crippen LogP contribution in [0, 0.1) is 13.8 Å². The SMILES string of the molecule is CCNC(=NCc1cc(C)c(O)c(C)c1)NCC(c1ccco1)N1CCCC1. The van der Waals surface area contributed by atoms with Crippen molar-refractivity contribution in [2.45, 2.75) is 46.2 Å². The minimum Gasteiger partial charge on any atom is -0.507 e. The molecule has 0 bridgehead atoms. The molecule has 1 saturated heterocycles. The lowest BCUT2D eigenvalue weighted by Crippen LogP contribution is -2.42. The normalized spacial score (nSPS) is 16.3. The molecule has 1 fully saturated rings. The summed E-state index contributed by atoms with van der Waals surface area (Å²) in [5.41, 5.74) is 2.86. The molecule has 2 heterocycles. The van der Waals surface area contributed by atoms with E-state index in [9.17, 15) is 5.11 Å². The average molecular weight is 385 g/mol. The zero-order chi connectivity index (χ0) is 19.9. The van der Waals surface area contributed by atoms with Crippen molar-refractivity contribution in [3.8, 4) is 5.75 Å². The lowest BCUT2D eigenvalue weighted by Gasteiger charge is -2.26. The number of benzene rings is 1. The van der Waals surface area contributed by atoms with Crippen LogP contribution in [0.15, 0.2) is 39.9 Å². The monoisotopic (exact) mass is 384 g/mol. The second-order valence-electron chi connectivity index (χ2n) is 7.43. The van der Waals surface area contributed by atoms with E-state index >= 15 is 0 Å². The van der Waals surface area contributed by atoms with E-state index in [1.165, 1.54) is 12.8 Å². The quantitative estimate of drug-likeness (QED) is 0.503. The van der Waals surface area contributed by atoms with Crippen LogP contribution in [0.1, 0.15) is 48.3 Å². The molecule has 28 heavy (non-hydrogen) atoms. The van der Waals surface area contributed by atoms with Crippen LogP contribution in [0.2, 0.25) is 0 Å². The Kier molecular flexibility index (Phi) is 6.98. The summed E-state index contributed by atoms with van der Waals surface area (Å²) >= 11 is 0. The molecular formula is C22H32N4O2. The van der Waals surface area contributed by atoms with Crippen molar-refractivity contribution in [2.24, 2.45) is 4.99 Å². The minimum absolute atomic E-state index is 0.208. The molecule has 1 aliphatic rings. The van der Waals surface area contributed by atoms with Gasteiger partial charge in [0.25, 0.3) is 0 Å². The first kappa shape index (κ1) is 20.3. The molecule has 1 aromatic carbocycles. The van der Waals surface area contributed by atoms with Gasteiger partial charge in [-0.1, -0.05) is 12.1 Å². The van der Waals surface area contributed by atoms with E-state index in [4.69, 9.17) is 9.41 Å². The maximum Gasteiger partial charge on any atom is 0.191 e. The van der Waals surface area contributed by atoms with E-state index < -0.39 is 0 Å². The Balaban J connectivity index is 1.68. The Bertz CT molecular complexity index is 757. The maximum atomic E-state index is 9.96. The van der Waals surface area contributed by atoms with Gasteiger partial charge in [0.05, 0.1) is 18.8 Å². The number of hydrogen-bond donors (Lipinski definition) is 3. The number of aryl methyl sites for hydroxylation is 2. The van der Waals surface area contributed by atoms with Gasteiger partial charge in [0, 0.05) is 13.1 Å². The number of phenols is 1. The Morgan fingerprint density at radius 1 is 1.21 bits per heavy atom. The van der Waals surface area contributed by atoms with Crippen LogP contribution in [0.25, 0.3) is 0 Å². The second-order valence-corrected chi connectivity index (χ2v) is 7.43. The van der Waals surface area contributed by atoms with Gasteiger partial charge in [0.2, 0.25) is 0 Å². The number of furan rings is 1. The number of phenolic OH excluding ortho intramolecular Hbond substituents is 1. The Morgan fingerprint density at radius 3 is 2.54 bits per heavy atom. The number of rotatable bonds is 7. The average Bonchev–Trinajstić information content (AvgIpc) is 3.38. The Morgan fingerprint density at radius 2 is 1.93 bits per heavy atom. The van der Waals surface area contributed by atoms with Crippen molar-refractivity contribution in [3.05, 3.63) is 53.0 Å². The summed E-state index contributed by atoms with van der Waals surface area (Å²) in [6, 6.07) is 8.19. The van der Waals surface area contributed by atoms with Gasteiger partial charge in [-0.05, 0) is 75.5 Å². The van der Waals surface area contributed by atoms with Gasteiger partial charge in [-0.15, -0.1) is 0 Å². The van der Waals surface area contributed by atoms with Gasteiger partial charge in [-0.2, -0.15) is 0 Å². The molecule has 1 atom stereocenters. The van der Waals surface area contributed by atoms with E-state index in [0.29, 0.717) is 12.3 Å². The minimum atomic E-state index is 0.208. The summed E-state index contributed by atoms with van der Waals surface area (Å²) < 4.78 is 5.70. The maximum absolute atomic E-state index is 9.96. The summed E-state index contributed by atoms with van der Waals surface area (Å²) in [6.45, 7) is 10.2. The predicted molar refractivity (Wildman–Crippen MR) is 113 cm³/mol. The van der Waals surface area contributed by atoms with Crippen LogP contribution in [-0.2, 0) is 6.54 Å². The molecule has 0 aliphatic carbocycles. The van der Waals surface area contributed by atoms with Crippen molar-refractivity contribution >= 4 is 5.96 Å². The number of hydrogen-bond acceptors (Lipinski definition) is 4. The van der Waals surface area contributed by atoms with Crippen molar-refractivity contribution in [1.82, 2.24) is 15.5 Å². The number of aromatic hydroxyl groups is 1. The fourth-order valence-corrected chi connectivity index (χ4v) is 3.79. The third-order valence-corrected chi connectivity index (χ3v) is 5.23. The standard InChI is InChI=1S/C22H32N4O2/c1-4-23-22(24-14-18-12-16(2)21(27)17(3)13-18)25-15-19(20-8-7-11-28-20)26-9-5-6-10-26/h7-8,11-13,19,27H,4-6,9-10,14-15H2,1-3H3,(H2,23,24,25). The summed E-state index contributed by atoms with van der Waals surface area (Å²) in [5, 5.41) is 16.8. The first-order valence-electron chi connectivity index (χ1n) is 10.2. The van der Waals surface area contributed by atoms with Crippen LogP contribution < -0.4 is 10.6 Å². The van der Waals surface area contributed by atoms with Gasteiger partial charge < -0.3 is 20.2 Å². The molecule has 3 N–H and O–H groups in total. The van der Waals surface area contributed by atoms with E-state index in [1.807, 2.05) is 32.0 Å². The van der Waals surface area contributed by atoms with Crippen molar-refractivity contribution in [1.29, 1.82) is 0 Å². The molecule has 2 aromatic rings. The van der Waals surface area contributed by atoms with E-state index in [-0.39, 0.29) is 6.04 Å². The molecule has 152 valence electrons. The molecule has 1 aliphatic heterocycles. The van der Waals surface area contributed by atoms with Crippen molar-refractivity contribution in [3.63, 3.8) is 0 Å². The fourth-order valence-electron chi connectivity index (χ4n) is 3.79. The number of nitrogens with one attached hydrogen (secondary N) is 2. The third-order valence-electron chi connectivity index (χ3n) is 5.23. The molecule has 6 nitrogen and oxygen atoms in total. The summed E-state index contributed by atoms with van der Waals surface area (Å²) in [5.74, 6) is 2.15. The predicted octanol–water partition coefficient (Wildman–Crippen LogP) is 3.49. The summed E-state index contributed by atoms with van der Waals surface area (Å²) in [7, 11) is 0. The lowest BCUT2D eigenvalue weighted by molar-refractivity contribution is 0.215. The molecule has 1 aromatic heterocycles. The molecule has 0 spiro atoms. The number of likely N-dealkylation sites (tertiary alicyclic amines) is 1. The van der Waals surface area contributed by atoms with E-state index in [1.54, 1.807) is 6.26 Å². The molecule has 6 heteroatoms. The van der Waals surface area contributed by atoms with Gasteiger partial charge in [0.1, 0.15) is 11.5 Å². The van der Waals surface area contributed by atoms with Crippen molar-refractivity contribution in [2.75, 3.05) is 26.2 Å². The molecule has 1 unspecified atom stereocenters. The summed E-state index contributed by atoms with van der Waals surface area (Å²) in [6.07, 6.45) is 4.23. The van der Waals surface area contributed by atoms with Crippen LogP contribution in [0.5, 0.6) is 5.75 Å². The van der Waals surface area contributed by atoms with Gasteiger partial charge in [-0.25, -0.2) is 4.99 Å². The highest BCUT2D eigenvalue weighted by Gasteiger charge is 2.25. The van der Waals surface area contributed by atoms with E-state index in [0.717, 1.165) is 54.6 Å². The van der Waals surface area contributed by atoms with Crippen LogP contribution in [0.3, 0.4) is 0 Å². The topological polar surface area (TPSA) is 73.0 Å². The third kappa shape index (κ3) is 5.07. The molecule has 0 amide bonds. The molecule has 3 rings (SSSR count). The highest BCUT2D eigenvalue weighted by molar-refractivity contribution is 5.79. The zero-order valence-electron chi connectivity index (χ0n) is 17.2. The second kappa shape index (κ2) is 9.64. The largest absolute Gasteiger partial charge is 0.507 e. The summed E-state index contributed by atoms with van der Waals surface area (Å²) in [4.78, 5) is 7.21. The van der Waals surface area contributed by atoms with Crippen LogP contribution >= 0.6 is 0 Å². The molecule has 0 radical (unpaired) electrons. The first-order valence-corrected chi connectivity index (χ1v) is 10.2. The zero-order valence-corrected chi connectivity index (χ0v) is 17.2. The molecule has 0 saturated carbocycles. The van der Waals surface area contributed by atoms with Gasteiger partial charge in [-0.3, -0.25) is 4.90 Å². The smallest absolute Gasteiger partial charge is 0.191 e. The fraction of sp³-hybridized carbons (Fsp3) is 0.500. The number of guanidine groups is 1. The first-order chi connectivity index (χ1) is 13.6. The Labute approximate surface area is 167 Å². The van der Waals surface area contributed by atoms with Crippen LogP contribution in [-0.4, -0.2) is 42.1 Å². The van der Waals surface area contributed by atoms with Crippen LogP contribution in [0.4, 0.5) is 0 Å². The van der Waals surface area contributed by atoms with Gasteiger partial charge in [0.15, 0.2) is 5.96 Å². The lowest BCUT2D eigenvalue weighted by atomic mass is 10.1. The molecular weight excluding hydrogens is 352 g/mol. The Hall–Kier alpha value is -2.47.